The van der Waals surface area contributed by atoms with Gasteiger partial charge in [0.05, 0.1) is 12.6 Å². The summed E-state index contributed by atoms with van der Waals surface area (Å²) < 4.78 is 0. The summed E-state index contributed by atoms with van der Waals surface area (Å²) in [6.07, 6.45) is 0.320. The molecular weight excluding hydrogens is 436 g/mol. The van der Waals surface area contributed by atoms with Gasteiger partial charge in [0.2, 0.25) is 0 Å². The van der Waals surface area contributed by atoms with E-state index in [1.165, 1.54) is 0 Å². The zero-order chi connectivity index (χ0) is 24.5. The van der Waals surface area contributed by atoms with Gasteiger partial charge in [-0.05, 0) is 41.3 Å². The molecule has 35 heavy (non-hydrogen) atoms. The molecule has 2 amide bonds. The lowest BCUT2D eigenvalue weighted by Crippen LogP contribution is -2.46. The Balaban J connectivity index is 1.53. The maximum absolute atomic E-state index is 13.4. The van der Waals surface area contributed by atoms with E-state index in [1.54, 1.807) is 36.4 Å². The van der Waals surface area contributed by atoms with Crippen molar-refractivity contribution in [1.82, 2.24) is 10.6 Å². The van der Waals surface area contributed by atoms with E-state index in [1.807, 2.05) is 78.9 Å². The average molecular weight is 463 g/mol. The van der Waals surface area contributed by atoms with E-state index in [2.05, 4.69) is 10.6 Å². The van der Waals surface area contributed by atoms with Gasteiger partial charge in [0.15, 0.2) is 5.78 Å². The first-order chi connectivity index (χ1) is 17.1. The fraction of sp³-hybridized carbons (Fsp3) is 0.100. The molecule has 0 heterocycles. The van der Waals surface area contributed by atoms with Crippen molar-refractivity contribution in [1.29, 1.82) is 0 Å². The number of benzene rings is 4. The van der Waals surface area contributed by atoms with E-state index in [4.69, 9.17) is 0 Å². The second kappa shape index (κ2) is 11.6. The van der Waals surface area contributed by atoms with Crippen molar-refractivity contribution in [2.45, 2.75) is 12.5 Å². The molecule has 0 aliphatic heterocycles. The predicted octanol–water partition coefficient (Wildman–Crippen LogP) is 4.69. The molecule has 2 N–H and O–H groups in total. The topological polar surface area (TPSA) is 75.3 Å². The van der Waals surface area contributed by atoms with Gasteiger partial charge in [0, 0.05) is 11.1 Å². The van der Waals surface area contributed by atoms with Crippen molar-refractivity contribution in [2.75, 3.05) is 6.54 Å². The van der Waals surface area contributed by atoms with Gasteiger partial charge in [-0.2, -0.15) is 0 Å². The molecule has 0 aliphatic carbocycles. The first-order valence-electron chi connectivity index (χ1n) is 11.5. The summed E-state index contributed by atoms with van der Waals surface area (Å²) in [7, 11) is 0. The minimum absolute atomic E-state index is 0.189. The second-order valence-corrected chi connectivity index (χ2v) is 8.14. The highest BCUT2D eigenvalue weighted by Gasteiger charge is 2.24. The van der Waals surface area contributed by atoms with Gasteiger partial charge in [-0.3, -0.25) is 14.4 Å². The molecule has 0 bridgehead atoms. The Labute approximate surface area is 204 Å². The molecule has 4 rings (SSSR count). The molecule has 4 aromatic carbocycles. The highest BCUT2D eigenvalue weighted by molar-refractivity contribution is 6.04. The molecule has 0 saturated heterocycles. The van der Waals surface area contributed by atoms with Crippen LogP contribution in [0.15, 0.2) is 115 Å². The van der Waals surface area contributed by atoms with Crippen molar-refractivity contribution in [3.05, 3.63) is 132 Å². The van der Waals surface area contributed by atoms with Gasteiger partial charge in [-0.1, -0.05) is 97.1 Å². The van der Waals surface area contributed by atoms with Gasteiger partial charge >= 0.3 is 0 Å². The number of ketones is 1. The van der Waals surface area contributed by atoms with E-state index in [-0.39, 0.29) is 24.1 Å². The van der Waals surface area contributed by atoms with Crippen LogP contribution in [0, 0.1) is 0 Å². The standard InChI is InChI=1S/C30H26N2O3/c33-28(21-31-29(34)24-16-8-3-9-17-24)27(20-22-12-4-1-5-13-22)32-30(35)26-19-11-10-18-25(26)23-14-6-2-7-15-23/h1-19,27H,20-21H2,(H,31,34)(H,32,35)/t27-/m0/s1. The molecule has 0 spiro atoms. The number of hydrogen-bond donors (Lipinski definition) is 2. The lowest BCUT2D eigenvalue weighted by atomic mass is 9.97. The van der Waals surface area contributed by atoms with Gasteiger partial charge in [-0.25, -0.2) is 0 Å². The zero-order valence-corrected chi connectivity index (χ0v) is 19.2. The first kappa shape index (κ1) is 23.6. The van der Waals surface area contributed by atoms with E-state index in [0.717, 1.165) is 16.7 Å². The molecule has 5 nitrogen and oxygen atoms in total. The molecule has 0 saturated carbocycles. The second-order valence-electron chi connectivity index (χ2n) is 8.14. The Morgan fingerprint density at radius 3 is 1.89 bits per heavy atom. The lowest BCUT2D eigenvalue weighted by molar-refractivity contribution is -0.119. The van der Waals surface area contributed by atoms with Crippen molar-refractivity contribution in [3.63, 3.8) is 0 Å². The highest BCUT2D eigenvalue weighted by Crippen LogP contribution is 2.23. The van der Waals surface area contributed by atoms with Gasteiger partial charge in [0.1, 0.15) is 0 Å². The Kier molecular flexibility index (Phi) is 7.81. The molecule has 0 aromatic heterocycles. The van der Waals surface area contributed by atoms with Crippen LogP contribution < -0.4 is 10.6 Å². The summed E-state index contributed by atoms with van der Waals surface area (Å²) in [5, 5.41) is 5.59. The van der Waals surface area contributed by atoms with Crippen molar-refractivity contribution in [2.24, 2.45) is 0 Å². The van der Waals surface area contributed by atoms with E-state index in [9.17, 15) is 14.4 Å². The minimum Gasteiger partial charge on any atom is -0.345 e. The summed E-state index contributed by atoms with van der Waals surface area (Å²) in [5.41, 5.74) is 3.57. The van der Waals surface area contributed by atoms with Crippen LogP contribution in [-0.4, -0.2) is 30.2 Å². The number of amides is 2. The third-order valence-corrected chi connectivity index (χ3v) is 5.69. The predicted molar refractivity (Wildman–Crippen MR) is 137 cm³/mol. The molecule has 1 atom stereocenters. The third-order valence-electron chi connectivity index (χ3n) is 5.69. The molecule has 4 aromatic rings. The van der Waals surface area contributed by atoms with Crippen LogP contribution in [0.5, 0.6) is 0 Å². The largest absolute Gasteiger partial charge is 0.345 e. The number of carbonyl (C=O) groups excluding carboxylic acids is 3. The quantitative estimate of drug-likeness (QED) is 0.379. The number of carbonyl (C=O) groups is 3. The number of rotatable bonds is 9. The Morgan fingerprint density at radius 1 is 0.629 bits per heavy atom. The maximum atomic E-state index is 13.4. The van der Waals surface area contributed by atoms with E-state index < -0.39 is 6.04 Å². The molecular formula is C30H26N2O3. The van der Waals surface area contributed by atoms with Crippen molar-refractivity contribution in [3.8, 4) is 11.1 Å². The summed E-state index contributed by atoms with van der Waals surface area (Å²) in [6, 6.07) is 34.4. The maximum Gasteiger partial charge on any atom is 0.252 e. The van der Waals surface area contributed by atoms with Gasteiger partial charge in [0.25, 0.3) is 11.8 Å². The summed E-state index contributed by atoms with van der Waals surface area (Å²) in [6.45, 7) is -0.189. The van der Waals surface area contributed by atoms with Crippen LogP contribution in [0.1, 0.15) is 26.3 Å². The number of hydrogen-bond acceptors (Lipinski definition) is 3. The summed E-state index contributed by atoms with van der Waals surface area (Å²) >= 11 is 0. The van der Waals surface area contributed by atoms with Crippen LogP contribution in [-0.2, 0) is 11.2 Å². The zero-order valence-electron chi connectivity index (χ0n) is 19.2. The van der Waals surface area contributed by atoms with Crippen molar-refractivity contribution < 1.29 is 14.4 Å². The molecule has 0 fully saturated rings. The third kappa shape index (κ3) is 6.30. The Morgan fingerprint density at radius 2 is 1.20 bits per heavy atom. The monoisotopic (exact) mass is 462 g/mol. The first-order valence-corrected chi connectivity index (χ1v) is 11.5. The number of Topliss-reactive ketones (excluding diaryl/α,β-unsaturated/α-hetero) is 1. The molecule has 5 heteroatoms. The minimum atomic E-state index is -0.801. The molecule has 0 unspecified atom stereocenters. The van der Waals surface area contributed by atoms with Crippen LogP contribution in [0.25, 0.3) is 11.1 Å². The summed E-state index contributed by atoms with van der Waals surface area (Å²) in [5.74, 6) is -0.949. The van der Waals surface area contributed by atoms with Crippen LogP contribution in [0.4, 0.5) is 0 Å². The average Bonchev–Trinajstić information content (AvgIpc) is 2.92. The lowest BCUT2D eigenvalue weighted by Gasteiger charge is -2.19. The Hall–Kier alpha value is -4.51. The molecule has 0 aliphatic rings. The van der Waals surface area contributed by atoms with Crippen LogP contribution in [0.2, 0.25) is 0 Å². The normalized spacial score (nSPS) is 11.3. The summed E-state index contributed by atoms with van der Waals surface area (Å²) in [4.78, 5) is 39.0. The SMILES string of the molecule is O=C(NCC(=O)[C@H](Cc1ccccc1)NC(=O)c1ccccc1-c1ccccc1)c1ccccc1. The van der Waals surface area contributed by atoms with Crippen LogP contribution >= 0.6 is 0 Å². The molecule has 0 radical (unpaired) electrons. The van der Waals surface area contributed by atoms with E-state index in [0.29, 0.717) is 17.5 Å². The smallest absolute Gasteiger partial charge is 0.252 e. The van der Waals surface area contributed by atoms with Gasteiger partial charge < -0.3 is 10.6 Å². The fourth-order valence-corrected chi connectivity index (χ4v) is 3.86. The van der Waals surface area contributed by atoms with Crippen molar-refractivity contribution >= 4 is 17.6 Å². The van der Waals surface area contributed by atoms with Gasteiger partial charge in [-0.15, -0.1) is 0 Å². The number of nitrogens with one attached hydrogen (secondary N) is 2. The Bertz CT molecular complexity index is 1290. The van der Waals surface area contributed by atoms with E-state index >= 15 is 0 Å². The fourth-order valence-electron chi connectivity index (χ4n) is 3.86. The highest BCUT2D eigenvalue weighted by atomic mass is 16.2. The molecule has 174 valence electrons. The van der Waals surface area contributed by atoms with Crippen LogP contribution in [0.3, 0.4) is 0 Å².